The van der Waals surface area contributed by atoms with Crippen molar-refractivity contribution >= 4 is 16.8 Å². The van der Waals surface area contributed by atoms with E-state index < -0.39 is 10.8 Å². The van der Waals surface area contributed by atoms with Gasteiger partial charge in [-0.2, -0.15) is 0 Å². The minimum atomic E-state index is -0.799. The normalized spacial score (nSPS) is 23.8. The first-order valence-corrected chi connectivity index (χ1v) is 9.02. The Labute approximate surface area is 125 Å². The van der Waals surface area contributed by atoms with Crippen molar-refractivity contribution in [1.29, 1.82) is 0 Å². The van der Waals surface area contributed by atoms with Gasteiger partial charge < -0.3 is 10.2 Å². The van der Waals surface area contributed by atoms with E-state index in [-0.39, 0.29) is 4.75 Å². The van der Waals surface area contributed by atoms with E-state index in [1.165, 1.54) is 25.7 Å². The van der Waals surface area contributed by atoms with Crippen LogP contribution < -0.4 is 5.32 Å². The summed E-state index contributed by atoms with van der Waals surface area (Å²) in [6.07, 6.45) is 5.47. The zero-order valence-corrected chi connectivity index (χ0v) is 14.2. The Bertz CT molecular complexity index is 396. The van der Waals surface area contributed by atoms with Gasteiger partial charge in [0.2, 0.25) is 0 Å². The van der Waals surface area contributed by atoms with E-state index in [9.17, 15) is 4.21 Å². The molecule has 2 fully saturated rings. The Balaban J connectivity index is 1.78. The summed E-state index contributed by atoms with van der Waals surface area (Å²) in [4.78, 5) is 6.76. The van der Waals surface area contributed by atoms with Crippen LogP contribution in [0.5, 0.6) is 0 Å². The summed E-state index contributed by atoms with van der Waals surface area (Å²) in [5, 5.41) is 3.38. The van der Waals surface area contributed by atoms with E-state index in [0.29, 0.717) is 11.2 Å². The first-order valence-electron chi connectivity index (χ1n) is 7.70. The number of aliphatic imine (C=N–C) groups is 1. The van der Waals surface area contributed by atoms with Gasteiger partial charge in [-0.1, -0.05) is 6.42 Å². The van der Waals surface area contributed by atoms with Crippen molar-refractivity contribution in [3.05, 3.63) is 0 Å². The number of hydrogen-bond donors (Lipinski definition) is 1. The number of rotatable bonds is 3. The second-order valence-electron chi connectivity index (χ2n) is 7.16. The van der Waals surface area contributed by atoms with Crippen LogP contribution in [0.1, 0.15) is 46.5 Å². The maximum atomic E-state index is 12.0. The van der Waals surface area contributed by atoms with Crippen LogP contribution in [0.25, 0.3) is 0 Å². The highest BCUT2D eigenvalue weighted by molar-refractivity contribution is 7.86. The van der Waals surface area contributed by atoms with Crippen molar-refractivity contribution in [3.63, 3.8) is 0 Å². The number of likely N-dealkylation sites (tertiary alicyclic amines) is 1. The Morgan fingerprint density at radius 2 is 2.05 bits per heavy atom. The molecule has 2 rings (SSSR count). The van der Waals surface area contributed by atoms with E-state index in [2.05, 4.69) is 15.2 Å². The van der Waals surface area contributed by atoms with Crippen molar-refractivity contribution in [1.82, 2.24) is 10.2 Å². The van der Waals surface area contributed by atoms with Crippen molar-refractivity contribution in [2.45, 2.75) is 51.2 Å². The third-order valence-corrected chi connectivity index (χ3v) is 6.56. The Hall–Kier alpha value is -0.580. The number of nitrogens with zero attached hydrogens (tertiary/aromatic N) is 2. The molecule has 0 aromatic heterocycles. The minimum Gasteiger partial charge on any atom is -0.355 e. The molecule has 0 bridgehead atoms. The Morgan fingerprint density at radius 3 is 2.50 bits per heavy atom. The highest BCUT2D eigenvalue weighted by Crippen LogP contribution is 2.47. The predicted molar refractivity (Wildman–Crippen MR) is 86.6 cm³/mol. The van der Waals surface area contributed by atoms with Crippen molar-refractivity contribution < 1.29 is 4.21 Å². The molecule has 1 spiro atoms. The summed E-state index contributed by atoms with van der Waals surface area (Å²) in [7, 11) is 1.04. The minimum absolute atomic E-state index is 0.130. The fraction of sp³-hybridized carbons (Fsp3) is 0.933. The smallest absolute Gasteiger partial charge is 0.193 e. The van der Waals surface area contributed by atoms with Crippen LogP contribution in [-0.2, 0) is 10.8 Å². The average molecular weight is 299 g/mol. The van der Waals surface area contributed by atoms with Gasteiger partial charge in [0.25, 0.3) is 0 Å². The van der Waals surface area contributed by atoms with Gasteiger partial charge in [0, 0.05) is 48.0 Å². The fourth-order valence-electron chi connectivity index (χ4n) is 3.09. The maximum absolute atomic E-state index is 12.0. The molecule has 1 saturated carbocycles. The fourth-order valence-corrected chi connectivity index (χ4v) is 3.99. The largest absolute Gasteiger partial charge is 0.355 e. The Kier molecular flexibility index (Phi) is 4.77. The van der Waals surface area contributed by atoms with E-state index >= 15 is 0 Å². The number of hydrogen-bond acceptors (Lipinski definition) is 2. The van der Waals surface area contributed by atoms with Gasteiger partial charge in [-0.25, -0.2) is 0 Å². The lowest BCUT2D eigenvalue weighted by Gasteiger charge is -2.38. The Morgan fingerprint density at radius 1 is 1.35 bits per heavy atom. The second-order valence-corrected chi connectivity index (χ2v) is 9.49. The zero-order valence-electron chi connectivity index (χ0n) is 13.4. The number of nitrogens with one attached hydrogen (secondary N) is 1. The molecule has 2 aliphatic rings. The SMILES string of the molecule is CN=C(NCCS(=O)C(C)(C)C)N1CCC2(CCC2)C1. The van der Waals surface area contributed by atoms with Crippen LogP contribution in [0.15, 0.2) is 4.99 Å². The van der Waals surface area contributed by atoms with Crippen molar-refractivity contribution in [2.24, 2.45) is 10.4 Å². The molecule has 1 atom stereocenters. The molecular formula is C15H29N3OS. The van der Waals surface area contributed by atoms with Gasteiger partial charge in [-0.15, -0.1) is 0 Å². The van der Waals surface area contributed by atoms with Crippen LogP contribution in [-0.4, -0.2) is 52.3 Å². The maximum Gasteiger partial charge on any atom is 0.193 e. The molecule has 5 heteroatoms. The van der Waals surface area contributed by atoms with Gasteiger partial charge >= 0.3 is 0 Å². The second kappa shape index (κ2) is 6.04. The number of guanidine groups is 1. The molecule has 20 heavy (non-hydrogen) atoms. The van der Waals surface area contributed by atoms with Gasteiger partial charge in [0.15, 0.2) is 5.96 Å². The summed E-state index contributed by atoms with van der Waals surface area (Å²) in [6.45, 7) is 9.08. The molecule has 0 amide bonds. The van der Waals surface area contributed by atoms with Crippen LogP contribution in [0.4, 0.5) is 0 Å². The molecule has 1 aliphatic heterocycles. The van der Waals surface area contributed by atoms with E-state index in [4.69, 9.17) is 0 Å². The zero-order chi connectivity index (χ0) is 14.8. The molecule has 116 valence electrons. The lowest BCUT2D eigenvalue weighted by atomic mass is 9.68. The van der Waals surface area contributed by atoms with Gasteiger partial charge in [-0.05, 0) is 45.4 Å². The average Bonchev–Trinajstić information content (AvgIpc) is 2.78. The first-order chi connectivity index (χ1) is 9.36. The predicted octanol–water partition coefficient (Wildman–Crippen LogP) is 1.98. The monoisotopic (exact) mass is 299 g/mol. The van der Waals surface area contributed by atoms with E-state index in [1.54, 1.807) is 0 Å². The molecule has 1 aliphatic carbocycles. The van der Waals surface area contributed by atoms with E-state index in [0.717, 1.165) is 25.6 Å². The molecule has 4 nitrogen and oxygen atoms in total. The molecule has 1 N–H and O–H groups in total. The highest BCUT2D eigenvalue weighted by Gasteiger charge is 2.43. The summed E-state index contributed by atoms with van der Waals surface area (Å²) in [6, 6.07) is 0. The van der Waals surface area contributed by atoms with Crippen LogP contribution >= 0.6 is 0 Å². The topological polar surface area (TPSA) is 44.7 Å². The molecule has 0 aromatic rings. The molecule has 1 heterocycles. The third kappa shape index (κ3) is 3.54. The molecule has 1 saturated heterocycles. The summed E-state index contributed by atoms with van der Waals surface area (Å²) in [5.41, 5.74) is 0.589. The quantitative estimate of drug-likeness (QED) is 0.640. The van der Waals surface area contributed by atoms with Gasteiger partial charge in [-0.3, -0.25) is 9.20 Å². The standard InChI is InChI=1S/C15H29N3OS/c1-14(2,3)20(19)11-9-17-13(16-4)18-10-8-15(12-18)6-5-7-15/h5-12H2,1-4H3,(H,16,17). The molecule has 0 radical (unpaired) electrons. The van der Waals surface area contributed by atoms with Gasteiger partial charge in [0.05, 0.1) is 0 Å². The van der Waals surface area contributed by atoms with E-state index in [1.807, 2.05) is 27.8 Å². The van der Waals surface area contributed by atoms with Crippen LogP contribution in [0, 0.1) is 5.41 Å². The van der Waals surface area contributed by atoms with Crippen molar-refractivity contribution in [3.8, 4) is 0 Å². The first kappa shape index (κ1) is 15.8. The lowest BCUT2D eigenvalue weighted by molar-refractivity contribution is 0.151. The van der Waals surface area contributed by atoms with Gasteiger partial charge in [0.1, 0.15) is 0 Å². The highest BCUT2D eigenvalue weighted by atomic mass is 32.2. The molecule has 0 aromatic carbocycles. The van der Waals surface area contributed by atoms with Crippen LogP contribution in [0.2, 0.25) is 0 Å². The summed E-state index contributed by atoms with van der Waals surface area (Å²) >= 11 is 0. The summed E-state index contributed by atoms with van der Waals surface area (Å²) < 4.78 is 11.9. The third-order valence-electron chi connectivity index (χ3n) is 4.62. The van der Waals surface area contributed by atoms with Crippen LogP contribution in [0.3, 0.4) is 0 Å². The lowest BCUT2D eigenvalue weighted by Crippen LogP contribution is -2.44. The molecular weight excluding hydrogens is 270 g/mol. The molecule has 1 unspecified atom stereocenters. The van der Waals surface area contributed by atoms with Crippen molar-refractivity contribution in [2.75, 3.05) is 32.4 Å². The summed E-state index contributed by atoms with van der Waals surface area (Å²) in [5.74, 6) is 1.67.